The highest BCUT2D eigenvalue weighted by atomic mass is 35.5. The molecule has 3 rings (SSSR count). The summed E-state index contributed by atoms with van der Waals surface area (Å²) in [6, 6.07) is 3.04. The van der Waals surface area contributed by atoms with Gasteiger partial charge in [0.2, 0.25) is 15.0 Å². The summed E-state index contributed by atoms with van der Waals surface area (Å²) in [6.45, 7) is 2.01. The van der Waals surface area contributed by atoms with E-state index in [0.29, 0.717) is 9.34 Å². The smallest absolute Gasteiger partial charge is 0.223 e. The van der Waals surface area contributed by atoms with Crippen molar-refractivity contribution in [3.8, 4) is 0 Å². The number of hydrogen-bond acceptors (Lipinski definition) is 6. The first-order chi connectivity index (χ1) is 9.44. The molecule has 1 N–H and O–H groups in total. The molecule has 0 unspecified atom stereocenters. The number of nitrogens with one attached hydrogen (secondary N) is 1. The van der Waals surface area contributed by atoms with Gasteiger partial charge in [0.1, 0.15) is 9.22 Å². The van der Waals surface area contributed by atoms with Crippen molar-refractivity contribution in [2.45, 2.75) is 17.7 Å². The van der Waals surface area contributed by atoms with E-state index in [0.717, 1.165) is 22.0 Å². The summed E-state index contributed by atoms with van der Waals surface area (Å²) in [7, 11) is -3.55. The lowest BCUT2D eigenvalue weighted by atomic mass is 10.6. The molecule has 20 heavy (non-hydrogen) atoms. The molecule has 0 saturated carbocycles. The normalized spacial score (nSPS) is 12.3. The lowest BCUT2D eigenvalue weighted by molar-refractivity contribution is 0.583. The molecule has 3 aromatic rings. The molecule has 0 aromatic carbocycles. The zero-order valence-electron chi connectivity index (χ0n) is 10.2. The number of aryl methyl sites for hydroxylation is 1. The van der Waals surface area contributed by atoms with Gasteiger partial charge >= 0.3 is 0 Å². The molecule has 0 bridgehead atoms. The van der Waals surface area contributed by atoms with Gasteiger partial charge in [-0.1, -0.05) is 22.9 Å². The van der Waals surface area contributed by atoms with E-state index in [1.165, 1.54) is 17.4 Å². The van der Waals surface area contributed by atoms with Crippen molar-refractivity contribution in [1.29, 1.82) is 0 Å². The number of nitrogens with zero attached hydrogens (tertiary/aromatic N) is 3. The molecule has 106 valence electrons. The number of thiophene rings is 1. The molecule has 3 aromatic heterocycles. The molecule has 3 heterocycles. The van der Waals surface area contributed by atoms with Crippen LogP contribution in [0.25, 0.3) is 4.96 Å². The molecule has 0 fully saturated rings. The average molecular weight is 349 g/mol. The molecule has 0 saturated heterocycles. The maximum Gasteiger partial charge on any atom is 0.250 e. The molecule has 0 amide bonds. The standard InChI is InChI=1S/C10H9ClN4O2S3/c1-6-5-15-10(13-6)19-8(14-15)4-12-20(16,17)9-3-2-7(11)18-9/h2-3,5,12H,4H2,1H3. The fourth-order valence-electron chi connectivity index (χ4n) is 1.59. The summed E-state index contributed by atoms with van der Waals surface area (Å²) in [5.74, 6) is 0. The first-order valence-electron chi connectivity index (χ1n) is 5.51. The van der Waals surface area contributed by atoms with Crippen molar-refractivity contribution in [2.24, 2.45) is 0 Å². The van der Waals surface area contributed by atoms with Gasteiger partial charge in [-0.15, -0.1) is 11.3 Å². The Morgan fingerprint density at radius 2 is 2.20 bits per heavy atom. The maximum absolute atomic E-state index is 12.0. The largest absolute Gasteiger partial charge is 0.250 e. The van der Waals surface area contributed by atoms with E-state index in [4.69, 9.17) is 11.6 Å². The van der Waals surface area contributed by atoms with E-state index in [1.807, 2.05) is 6.92 Å². The Labute approximate surface area is 128 Å². The van der Waals surface area contributed by atoms with E-state index in [9.17, 15) is 8.42 Å². The molecular formula is C10H9ClN4O2S3. The fourth-order valence-corrected chi connectivity index (χ4v) is 5.06. The van der Waals surface area contributed by atoms with Gasteiger partial charge in [-0.25, -0.2) is 22.6 Å². The van der Waals surface area contributed by atoms with Gasteiger partial charge in [-0.05, 0) is 19.1 Å². The van der Waals surface area contributed by atoms with Gasteiger partial charge in [0.15, 0.2) is 0 Å². The fraction of sp³-hybridized carbons (Fsp3) is 0.200. The SMILES string of the molecule is Cc1cn2nc(CNS(=O)(=O)c3ccc(Cl)s3)sc2n1. The monoisotopic (exact) mass is 348 g/mol. The van der Waals surface area contributed by atoms with Crippen molar-refractivity contribution < 1.29 is 8.42 Å². The lowest BCUT2D eigenvalue weighted by Gasteiger charge is -2.01. The van der Waals surface area contributed by atoms with E-state index < -0.39 is 10.0 Å². The minimum Gasteiger partial charge on any atom is -0.223 e. The summed E-state index contributed by atoms with van der Waals surface area (Å²) in [5, 5.41) is 4.91. The van der Waals surface area contributed by atoms with E-state index >= 15 is 0 Å². The molecule has 0 spiro atoms. The first kappa shape index (κ1) is 14.0. The molecule has 0 atom stereocenters. The summed E-state index contributed by atoms with van der Waals surface area (Å²) < 4.78 is 28.8. The second-order valence-electron chi connectivity index (χ2n) is 3.99. The van der Waals surface area contributed by atoms with Crippen LogP contribution in [0.15, 0.2) is 22.5 Å². The van der Waals surface area contributed by atoms with Crippen LogP contribution in [0.2, 0.25) is 4.34 Å². The van der Waals surface area contributed by atoms with Gasteiger partial charge in [-0.2, -0.15) is 5.10 Å². The molecule has 0 aliphatic heterocycles. The highest BCUT2D eigenvalue weighted by molar-refractivity contribution is 7.91. The third kappa shape index (κ3) is 2.72. The van der Waals surface area contributed by atoms with Crippen molar-refractivity contribution >= 4 is 49.3 Å². The van der Waals surface area contributed by atoms with Crippen molar-refractivity contribution in [3.63, 3.8) is 0 Å². The van der Waals surface area contributed by atoms with Crippen molar-refractivity contribution in [2.75, 3.05) is 0 Å². The predicted octanol–water partition coefficient (Wildman–Crippen LogP) is 2.29. The van der Waals surface area contributed by atoms with Crippen LogP contribution in [0, 0.1) is 6.92 Å². The molecule has 0 radical (unpaired) electrons. The highest BCUT2D eigenvalue weighted by Gasteiger charge is 2.17. The van der Waals surface area contributed by atoms with Crippen molar-refractivity contribution in [1.82, 2.24) is 19.3 Å². The number of halogens is 1. The van der Waals surface area contributed by atoms with Gasteiger partial charge in [-0.3, -0.25) is 0 Å². The minimum atomic E-state index is -3.55. The van der Waals surface area contributed by atoms with E-state index in [2.05, 4.69) is 14.8 Å². The summed E-state index contributed by atoms with van der Waals surface area (Å²) in [6.07, 6.45) is 1.79. The third-order valence-corrected chi connectivity index (χ3v) is 6.48. The van der Waals surface area contributed by atoms with Crippen LogP contribution in [-0.2, 0) is 16.6 Å². The minimum absolute atomic E-state index is 0.130. The Hall–Kier alpha value is -1.00. The van der Waals surface area contributed by atoms with Crippen LogP contribution < -0.4 is 4.72 Å². The zero-order chi connectivity index (χ0) is 14.3. The average Bonchev–Trinajstić information content (AvgIpc) is 3.01. The van der Waals surface area contributed by atoms with Crippen LogP contribution >= 0.6 is 34.3 Å². The lowest BCUT2D eigenvalue weighted by Crippen LogP contribution is -2.22. The summed E-state index contributed by atoms with van der Waals surface area (Å²) >= 11 is 8.11. The highest BCUT2D eigenvalue weighted by Crippen LogP contribution is 2.25. The van der Waals surface area contributed by atoms with Gasteiger partial charge < -0.3 is 0 Å². The first-order valence-corrected chi connectivity index (χ1v) is 9.00. The maximum atomic E-state index is 12.0. The van der Waals surface area contributed by atoms with E-state index in [1.54, 1.807) is 16.8 Å². The van der Waals surface area contributed by atoms with Gasteiger partial charge in [0.05, 0.1) is 22.8 Å². The molecule has 10 heteroatoms. The molecule has 6 nitrogen and oxygen atoms in total. The predicted molar refractivity (Wildman–Crippen MR) is 79.0 cm³/mol. The number of fused-ring (bicyclic) bond motifs is 1. The van der Waals surface area contributed by atoms with Crippen molar-refractivity contribution in [3.05, 3.63) is 33.4 Å². The second-order valence-corrected chi connectivity index (χ2v) is 8.74. The van der Waals surface area contributed by atoms with Crippen LogP contribution in [0.5, 0.6) is 0 Å². The number of sulfonamides is 1. The second kappa shape index (κ2) is 5.08. The van der Waals surface area contributed by atoms with E-state index in [-0.39, 0.29) is 10.8 Å². The summed E-state index contributed by atoms with van der Waals surface area (Å²) in [4.78, 5) is 5.01. The van der Waals surface area contributed by atoms with Crippen LogP contribution in [-0.4, -0.2) is 23.0 Å². The van der Waals surface area contributed by atoms with Crippen LogP contribution in [0.3, 0.4) is 0 Å². The Balaban J connectivity index is 1.76. The zero-order valence-corrected chi connectivity index (χ0v) is 13.4. The number of imidazole rings is 1. The quantitative estimate of drug-likeness (QED) is 0.784. The number of hydrogen-bond donors (Lipinski definition) is 1. The Morgan fingerprint density at radius 1 is 1.40 bits per heavy atom. The Kier molecular flexibility index (Phi) is 3.55. The molecule has 0 aliphatic carbocycles. The van der Waals surface area contributed by atoms with Crippen LogP contribution in [0.4, 0.5) is 0 Å². The molecule has 0 aliphatic rings. The Bertz CT molecular complexity index is 833. The topological polar surface area (TPSA) is 76.4 Å². The third-order valence-electron chi connectivity index (χ3n) is 2.43. The molecular weight excluding hydrogens is 340 g/mol. The number of aromatic nitrogens is 3. The summed E-state index contributed by atoms with van der Waals surface area (Å²) in [5.41, 5.74) is 0.879. The Morgan fingerprint density at radius 3 is 2.85 bits per heavy atom. The van der Waals surface area contributed by atoms with Crippen LogP contribution in [0.1, 0.15) is 10.7 Å². The van der Waals surface area contributed by atoms with Gasteiger partial charge in [0, 0.05) is 0 Å². The van der Waals surface area contributed by atoms with Gasteiger partial charge in [0.25, 0.3) is 0 Å². The number of rotatable bonds is 4.